The molecule has 2 nitrogen and oxygen atoms in total. The Hall–Kier alpha value is -1.05. The van der Waals surface area contributed by atoms with Gasteiger partial charge in [0.2, 0.25) is 0 Å². The van der Waals surface area contributed by atoms with Crippen molar-refractivity contribution in [2.75, 3.05) is 0 Å². The Morgan fingerprint density at radius 2 is 2.31 bits per heavy atom. The third-order valence-electron chi connectivity index (χ3n) is 1.66. The lowest BCUT2D eigenvalue weighted by Gasteiger charge is -1.99. The Bertz CT molecular complexity index is 183. The molecular formula is C11H18O2. The van der Waals surface area contributed by atoms with E-state index in [4.69, 9.17) is 4.74 Å². The fourth-order valence-corrected chi connectivity index (χ4v) is 0.753. The molecule has 2 heteroatoms. The standard InChI is InChI=1S/C11H18O2/c1-4-7-11(12)13-9-6-8-10(3)5-2/h5-6,9-10H,2,4,7-8H2,1,3H3/b9-6+. The van der Waals surface area contributed by atoms with Crippen LogP contribution in [0.1, 0.15) is 33.1 Å². The van der Waals surface area contributed by atoms with Crippen LogP contribution in [0.3, 0.4) is 0 Å². The minimum atomic E-state index is -0.162. The van der Waals surface area contributed by atoms with E-state index in [1.807, 2.05) is 19.1 Å². The third kappa shape index (κ3) is 7.32. The molecule has 0 bridgehead atoms. The second-order valence-corrected chi connectivity index (χ2v) is 3.06. The topological polar surface area (TPSA) is 26.3 Å². The Labute approximate surface area is 80.3 Å². The summed E-state index contributed by atoms with van der Waals surface area (Å²) in [5.41, 5.74) is 0. The van der Waals surface area contributed by atoms with Crippen LogP contribution in [0, 0.1) is 5.92 Å². The van der Waals surface area contributed by atoms with Crippen LogP contribution in [0.2, 0.25) is 0 Å². The number of ether oxygens (including phenoxy) is 1. The molecule has 0 heterocycles. The van der Waals surface area contributed by atoms with Gasteiger partial charge in [0.15, 0.2) is 0 Å². The lowest BCUT2D eigenvalue weighted by molar-refractivity contribution is -0.138. The third-order valence-corrected chi connectivity index (χ3v) is 1.66. The lowest BCUT2D eigenvalue weighted by Crippen LogP contribution is -1.97. The molecule has 0 amide bonds. The second-order valence-electron chi connectivity index (χ2n) is 3.06. The molecule has 0 N–H and O–H groups in total. The van der Waals surface area contributed by atoms with Crippen molar-refractivity contribution in [3.05, 3.63) is 25.0 Å². The quantitative estimate of drug-likeness (QED) is 0.358. The van der Waals surface area contributed by atoms with Gasteiger partial charge in [0, 0.05) is 6.42 Å². The molecule has 13 heavy (non-hydrogen) atoms. The van der Waals surface area contributed by atoms with E-state index in [1.165, 1.54) is 6.26 Å². The summed E-state index contributed by atoms with van der Waals surface area (Å²) in [6, 6.07) is 0. The van der Waals surface area contributed by atoms with Crippen LogP contribution in [0.15, 0.2) is 25.0 Å². The summed E-state index contributed by atoms with van der Waals surface area (Å²) in [6.07, 6.45) is 7.37. The fraction of sp³-hybridized carbons (Fsp3) is 0.545. The van der Waals surface area contributed by atoms with Crippen molar-refractivity contribution < 1.29 is 9.53 Å². The van der Waals surface area contributed by atoms with E-state index in [0.29, 0.717) is 12.3 Å². The molecule has 0 aromatic rings. The molecule has 0 fully saturated rings. The van der Waals surface area contributed by atoms with E-state index >= 15 is 0 Å². The largest absolute Gasteiger partial charge is 0.435 e. The molecule has 0 aromatic heterocycles. The monoisotopic (exact) mass is 182 g/mol. The minimum absolute atomic E-state index is 0.162. The summed E-state index contributed by atoms with van der Waals surface area (Å²) in [5, 5.41) is 0. The van der Waals surface area contributed by atoms with Crippen LogP contribution in [0.25, 0.3) is 0 Å². The molecular weight excluding hydrogens is 164 g/mol. The summed E-state index contributed by atoms with van der Waals surface area (Å²) in [4.78, 5) is 10.9. The molecule has 0 aliphatic heterocycles. The van der Waals surface area contributed by atoms with Gasteiger partial charge in [0.05, 0.1) is 6.26 Å². The number of rotatable bonds is 6. The van der Waals surface area contributed by atoms with Gasteiger partial charge >= 0.3 is 5.97 Å². The smallest absolute Gasteiger partial charge is 0.310 e. The number of hydrogen-bond donors (Lipinski definition) is 0. The normalized spacial score (nSPS) is 12.8. The zero-order chi connectivity index (χ0) is 10.1. The van der Waals surface area contributed by atoms with E-state index < -0.39 is 0 Å². The molecule has 0 saturated heterocycles. The van der Waals surface area contributed by atoms with Crippen LogP contribution in [0.4, 0.5) is 0 Å². The highest BCUT2D eigenvalue weighted by Crippen LogP contribution is 2.03. The van der Waals surface area contributed by atoms with E-state index in [2.05, 4.69) is 13.5 Å². The number of carbonyl (C=O) groups is 1. The first-order chi connectivity index (χ1) is 6.20. The highest BCUT2D eigenvalue weighted by molar-refractivity contribution is 5.69. The molecule has 1 unspecified atom stereocenters. The zero-order valence-electron chi connectivity index (χ0n) is 8.45. The maximum atomic E-state index is 10.9. The van der Waals surface area contributed by atoms with Crippen molar-refractivity contribution >= 4 is 5.97 Å². The molecule has 0 saturated carbocycles. The lowest BCUT2D eigenvalue weighted by atomic mass is 10.1. The van der Waals surface area contributed by atoms with Gasteiger partial charge in [-0.25, -0.2) is 0 Å². The number of carbonyl (C=O) groups excluding carboxylic acids is 1. The first kappa shape index (κ1) is 11.9. The van der Waals surface area contributed by atoms with E-state index in [-0.39, 0.29) is 5.97 Å². The first-order valence-electron chi connectivity index (χ1n) is 4.67. The number of esters is 1. The van der Waals surface area contributed by atoms with Crippen LogP contribution >= 0.6 is 0 Å². The van der Waals surface area contributed by atoms with E-state index in [9.17, 15) is 4.79 Å². The number of hydrogen-bond acceptors (Lipinski definition) is 2. The van der Waals surface area contributed by atoms with Crippen LogP contribution < -0.4 is 0 Å². The van der Waals surface area contributed by atoms with Gasteiger partial charge in [0.25, 0.3) is 0 Å². The van der Waals surface area contributed by atoms with Gasteiger partial charge in [-0.2, -0.15) is 0 Å². The number of allylic oxidation sites excluding steroid dienone is 2. The van der Waals surface area contributed by atoms with Crippen molar-refractivity contribution in [3.8, 4) is 0 Å². The summed E-state index contributed by atoms with van der Waals surface area (Å²) >= 11 is 0. The van der Waals surface area contributed by atoms with Gasteiger partial charge in [-0.05, 0) is 24.8 Å². The van der Waals surface area contributed by atoms with Gasteiger partial charge < -0.3 is 4.74 Å². The minimum Gasteiger partial charge on any atom is -0.435 e. The molecule has 0 aromatic carbocycles. The van der Waals surface area contributed by atoms with Gasteiger partial charge in [-0.15, -0.1) is 6.58 Å². The van der Waals surface area contributed by atoms with Crippen LogP contribution in [-0.2, 0) is 9.53 Å². The van der Waals surface area contributed by atoms with Crippen LogP contribution in [-0.4, -0.2) is 5.97 Å². The molecule has 0 spiro atoms. The molecule has 0 aliphatic rings. The molecule has 0 radical (unpaired) electrons. The Kier molecular flexibility index (Phi) is 6.98. The zero-order valence-corrected chi connectivity index (χ0v) is 8.45. The average Bonchev–Trinajstić information content (AvgIpc) is 2.12. The highest BCUT2D eigenvalue weighted by Gasteiger charge is 1.96. The predicted octanol–water partition coefficient (Wildman–Crippen LogP) is 3.06. The van der Waals surface area contributed by atoms with Crippen molar-refractivity contribution in [2.24, 2.45) is 5.92 Å². The molecule has 0 rings (SSSR count). The predicted molar refractivity (Wildman–Crippen MR) is 54.1 cm³/mol. The Morgan fingerprint density at radius 1 is 1.62 bits per heavy atom. The van der Waals surface area contributed by atoms with Gasteiger partial charge in [-0.1, -0.05) is 19.9 Å². The van der Waals surface area contributed by atoms with Crippen molar-refractivity contribution in [1.29, 1.82) is 0 Å². The summed E-state index contributed by atoms with van der Waals surface area (Å²) < 4.78 is 4.82. The molecule has 74 valence electrons. The SMILES string of the molecule is C=CC(C)C/C=C/OC(=O)CCC. The first-order valence-corrected chi connectivity index (χ1v) is 4.67. The molecule has 0 aliphatic carbocycles. The Balaban J connectivity index is 3.51. The average molecular weight is 182 g/mol. The summed E-state index contributed by atoms with van der Waals surface area (Å²) in [7, 11) is 0. The highest BCUT2D eigenvalue weighted by atomic mass is 16.5. The van der Waals surface area contributed by atoms with Crippen molar-refractivity contribution in [3.63, 3.8) is 0 Å². The van der Waals surface area contributed by atoms with E-state index in [1.54, 1.807) is 0 Å². The maximum absolute atomic E-state index is 10.9. The maximum Gasteiger partial charge on any atom is 0.310 e. The van der Waals surface area contributed by atoms with Crippen molar-refractivity contribution in [1.82, 2.24) is 0 Å². The van der Waals surface area contributed by atoms with Crippen molar-refractivity contribution in [2.45, 2.75) is 33.1 Å². The van der Waals surface area contributed by atoms with Gasteiger partial charge in [-0.3, -0.25) is 4.79 Å². The summed E-state index contributed by atoms with van der Waals surface area (Å²) in [6.45, 7) is 7.67. The van der Waals surface area contributed by atoms with Gasteiger partial charge in [0.1, 0.15) is 0 Å². The second kappa shape index (κ2) is 7.59. The molecule has 1 atom stereocenters. The van der Waals surface area contributed by atoms with Crippen LogP contribution in [0.5, 0.6) is 0 Å². The fourth-order valence-electron chi connectivity index (χ4n) is 0.753. The van der Waals surface area contributed by atoms with E-state index in [0.717, 1.165) is 12.8 Å². The Morgan fingerprint density at radius 3 is 2.85 bits per heavy atom. The summed E-state index contributed by atoms with van der Waals surface area (Å²) in [5.74, 6) is 0.270.